The molecule has 0 N–H and O–H groups in total. The van der Waals surface area contributed by atoms with E-state index in [4.69, 9.17) is 14.2 Å². The Balaban J connectivity index is 0.000000256. The van der Waals surface area contributed by atoms with Crippen molar-refractivity contribution in [3.63, 3.8) is 0 Å². The van der Waals surface area contributed by atoms with Gasteiger partial charge in [-0.15, -0.1) is 0 Å². The van der Waals surface area contributed by atoms with Gasteiger partial charge in [0, 0.05) is 45.3 Å². The van der Waals surface area contributed by atoms with Gasteiger partial charge >= 0.3 is 24.3 Å². The number of esters is 2. The van der Waals surface area contributed by atoms with Crippen molar-refractivity contribution >= 4 is 32.0 Å². The summed E-state index contributed by atoms with van der Waals surface area (Å²) in [5, 5.41) is 0. The lowest BCUT2D eigenvalue weighted by Gasteiger charge is -2.44. The zero-order valence-electron chi connectivity index (χ0n) is 38.4. The van der Waals surface area contributed by atoms with Gasteiger partial charge in [-0.05, 0) is 140 Å². The van der Waals surface area contributed by atoms with Gasteiger partial charge in [-0.3, -0.25) is 9.59 Å². The third-order valence-corrected chi connectivity index (χ3v) is 16.2. The predicted octanol–water partition coefficient (Wildman–Crippen LogP) is 7.95. The van der Waals surface area contributed by atoms with Crippen LogP contribution in [0.5, 0.6) is 11.5 Å². The van der Waals surface area contributed by atoms with Crippen LogP contribution in [0.2, 0.25) is 0 Å². The molecule has 372 valence electrons. The van der Waals surface area contributed by atoms with Gasteiger partial charge in [-0.25, -0.2) is 25.4 Å². The lowest BCUT2D eigenvalue weighted by atomic mass is 9.90. The van der Waals surface area contributed by atoms with Gasteiger partial charge in [-0.2, -0.15) is 26.3 Å². The second kappa shape index (κ2) is 20.9. The summed E-state index contributed by atoms with van der Waals surface area (Å²) < 4.78 is 148. The molecule has 13 nitrogen and oxygen atoms in total. The van der Waals surface area contributed by atoms with Crippen molar-refractivity contribution in [3.05, 3.63) is 59.7 Å². The summed E-state index contributed by atoms with van der Waals surface area (Å²) >= 11 is 0. The number of carbonyl (C=O) groups is 2. The predicted molar refractivity (Wildman–Crippen MR) is 234 cm³/mol. The molecule has 3 saturated heterocycles. The van der Waals surface area contributed by atoms with Crippen LogP contribution in [-0.4, -0.2) is 135 Å². The fourth-order valence-electron chi connectivity index (χ4n) is 8.39. The van der Waals surface area contributed by atoms with Crippen LogP contribution >= 0.6 is 0 Å². The number of hydrogen-bond acceptors (Lipinski definition) is 11. The highest BCUT2D eigenvalue weighted by atomic mass is 32.2. The molecule has 0 spiro atoms. The maximum absolute atomic E-state index is 14.0. The smallest absolute Gasteiger partial charge is 0.422 e. The van der Waals surface area contributed by atoms with Gasteiger partial charge in [0.25, 0.3) is 0 Å². The number of sulfonamides is 2. The largest absolute Gasteiger partial charge is 0.484 e. The summed E-state index contributed by atoms with van der Waals surface area (Å²) in [6.07, 6.45) is -3.89. The van der Waals surface area contributed by atoms with Gasteiger partial charge in [0.05, 0.1) is 0 Å². The topological polar surface area (TPSA) is 149 Å². The molecule has 1 saturated carbocycles. The van der Waals surface area contributed by atoms with Crippen LogP contribution in [0.15, 0.2) is 48.5 Å². The molecule has 3 aliphatic heterocycles. The molecule has 4 aliphatic rings. The highest BCUT2D eigenvalue weighted by Gasteiger charge is 2.57. The Kier molecular flexibility index (Phi) is 16.9. The molecule has 66 heavy (non-hydrogen) atoms. The number of ether oxygens (including phenoxy) is 4. The Morgan fingerprint density at radius 3 is 1.35 bits per heavy atom. The van der Waals surface area contributed by atoms with Gasteiger partial charge < -0.3 is 23.8 Å². The van der Waals surface area contributed by atoms with E-state index in [1.165, 1.54) is 32.9 Å². The van der Waals surface area contributed by atoms with Gasteiger partial charge in [0.2, 0.25) is 20.0 Å². The first-order chi connectivity index (χ1) is 30.5. The molecule has 4 fully saturated rings. The van der Waals surface area contributed by atoms with E-state index in [1.54, 1.807) is 65.8 Å². The van der Waals surface area contributed by atoms with Crippen LogP contribution < -0.4 is 9.47 Å². The summed E-state index contributed by atoms with van der Waals surface area (Å²) in [6, 6.07) is 13.3. The molecule has 0 amide bonds. The molecular weight excluding hydrogens is 921 g/mol. The summed E-state index contributed by atoms with van der Waals surface area (Å²) in [4.78, 5) is 27.5. The first-order valence-corrected chi connectivity index (χ1v) is 25.3. The molecule has 1 aliphatic carbocycles. The maximum atomic E-state index is 14.0. The van der Waals surface area contributed by atoms with E-state index in [0.29, 0.717) is 44.8 Å². The number of rotatable bonds is 13. The van der Waals surface area contributed by atoms with Gasteiger partial charge in [0.15, 0.2) is 23.7 Å². The van der Waals surface area contributed by atoms with E-state index in [1.807, 2.05) is 0 Å². The van der Waals surface area contributed by atoms with Crippen molar-refractivity contribution in [2.45, 2.75) is 139 Å². The van der Waals surface area contributed by atoms with E-state index in [0.717, 1.165) is 24.0 Å². The number of benzene rings is 2. The second-order valence-electron chi connectivity index (χ2n) is 19.4. The molecule has 3 heterocycles. The van der Waals surface area contributed by atoms with Crippen LogP contribution in [0.4, 0.5) is 26.3 Å². The molecular formula is C45H63F6N3O10S2. The van der Waals surface area contributed by atoms with Gasteiger partial charge in [0.1, 0.15) is 22.7 Å². The minimum absolute atomic E-state index is 0.0670. The Morgan fingerprint density at radius 1 is 0.591 bits per heavy atom. The number of likely N-dealkylation sites (tertiary alicyclic amines) is 1. The quantitative estimate of drug-likeness (QED) is 0.142. The molecule has 6 rings (SSSR count). The highest BCUT2D eigenvalue weighted by molar-refractivity contribution is 7.91. The number of piperidine rings is 3. The number of alkyl halides is 6. The minimum Gasteiger partial charge on any atom is -0.484 e. The zero-order chi connectivity index (χ0) is 48.9. The van der Waals surface area contributed by atoms with Crippen molar-refractivity contribution in [1.29, 1.82) is 0 Å². The van der Waals surface area contributed by atoms with E-state index in [9.17, 15) is 52.8 Å². The molecule has 0 atom stereocenters. The second-order valence-corrected chi connectivity index (χ2v) is 23.6. The summed E-state index contributed by atoms with van der Waals surface area (Å²) in [7, 11) is -7.73. The monoisotopic (exact) mass is 983 g/mol. The minimum atomic E-state index is -4.40. The van der Waals surface area contributed by atoms with Crippen LogP contribution in [-0.2, 0) is 39.1 Å². The molecule has 0 aromatic heterocycles. The van der Waals surface area contributed by atoms with E-state index >= 15 is 0 Å². The SMILES string of the molecule is CC(C)(C)OC(=O)C1(S(=O)(=O)N2CCC(c3ccc(OCC(F)(F)F)cc3)CC2)CCN(C2CC2)CC1.CC(C)(C)OC(=O)CS(=O)(=O)N1CCC(c2ccc(OCC(F)(F)F)cc2)CC1. The Bertz CT molecular complexity index is 2150. The van der Waals surface area contributed by atoms with Crippen LogP contribution in [0.3, 0.4) is 0 Å². The van der Waals surface area contributed by atoms with Gasteiger partial charge in [-0.1, -0.05) is 24.3 Å². The van der Waals surface area contributed by atoms with E-state index < -0.39 is 79.3 Å². The Hall–Kier alpha value is -3.66. The normalized spacial score (nSPS) is 20.2. The molecule has 0 bridgehead atoms. The zero-order valence-corrected chi connectivity index (χ0v) is 40.0. The lowest BCUT2D eigenvalue weighted by molar-refractivity contribution is -0.160. The Morgan fingerprint density at radius 2 is 0.985 bits per heavy atom. The number of carbonyl (C=O) groups excluding carboxylic acids is 2. The standard InChI is InChI=1S/C26H37F3N2O5S.C19H26F3NO5S/c1-24(2,3)36-23(32)25(12-16-30(17-13-25)21-6-7-21)37(33,34)31-14-10-20(11-15-31)19-4-8-22(9-5-19)35-18-26(27,28)29;1-18(2,3)28-17(24)12-29(25,26)23-10-8-15(9-11-23)14-4-6-16(7-5-14)27-13-19(20,21)22/h4-5,8-9,20-21H,6-7,10-18H2,1-3H3;4-7,15H,8-13H2,1-3H3. The van der Waals surface area contributed by atoms with E-state index in [2.05, 4.69) is 9.64 Å². The number of halogens is 6. The fourth-order valence-corrected chi connectivity index (χ4v) is 11.8. The molecule has 0 radical (unpaired) electrons. The fraction of sp³-hybridized carbons (Fsp3) is 0.689. The number of nitrogens with zero attached hydrogens (tertiary/aromatic N) is 3. The highest BCUT2D eigenvalue weighted by Crippen LogP contribution is 2.41. The van der Waals surface area contributed by atoms with Crippen LogP contribution in [0.25, 0.3) is 0 Å². The molecule has 21 heteroatoms. The summed E-state index contributed by atoms with van der Waals surface area (Å²) in [5.74, 6) is -1.72. The number of hydrogen-bond donors (Lipinski definition) is 0. The third-order valence-electron chi connectivity index (χ3n) is 11.8. The first kappa shape index (κ1) is 53.3. The van der Waals surface area contributed by atoms with Crippen molar-refractivity contribution in [2.24, 2.45) is 0 Å². The third kappa shape index (κ3) is 15.4. The van der Waals surface area contributed by atoms with Crippen molar-refractivity contribution in [3.8, 4) is 11.5 Å². The van der Waals surface area contributed by atoms with Crippen molar-refractivity contribution in [1.82, 2.24) is 13.5 Å². The van der Waals surface area contributed by atoms with Crippen molar-refractivity contribution < 1.29 is 71.7 Å². The first-order valence-electron chi connectivity index (χ1n) is 22.2. The summed E-state index contributed by atoms with van der Waals surface area (Å²) in [5.41, 5.74) is 0.288. The Labute approximate surface area is 384 Å². The van der Waals surface area contributed by atoms with Crippen molar-refractivity contribution in [2.75, 3.05) is 58.2 Å². The molecule has 2 aromatic rings. The molecule has 2 aromatic carbocycles. The molecule has 0 unspecified atom stereocenters. The van der Waals surface area contributed by atoms with Crippen LogP contribution in [0.1, 0.15) is 116 Å². The van der Waals surface area contributed by atoms with E-state index in [-0.39, 0.29) is 62.4 Å². The maximum Gasteiger partial charge on any atom is 0.422 e. The van der Waals surface area contributed by atoms with Crippen LogP contribution in [0, 0.1) is 0 Å². The average Bonchev–Trinajstić information content (AvgIpc) is 4.07. The average molecular weight is 984 g/mol. The summed E-state index contributed by atoms with van der Waals surface area (Å²) in [6.45, 7) is 9.75. The lowest BCUT2D eigenvalue weighted by Crippen LogP contribution is -2.61.